The van der Waals surface area contributed by atoms with Gasteiger partial charge in [-0.15, -0.1) is 0 Å². The van der Waals surface area contributed by atoms with Crippen molar-refractivity contribution in [1.82, 2.24) is 5.06 Å². The molecule has 0 N–H and O–H groups in total. The van der Waals surface area contributed by atoms with Crippen LogP contribution in [-0.4, -0.2) is 17.0 Å². The second-order valence-corrected chi connectivity index (χ2v) is 6.42. The zero-order chi connectivity index (χ0) is 18.1. The van der Waals surface area contributed by atoms with Crippen molar-refractivity contribution in [2.45, 2.75) is 37.7 Å². The van der Waals surface area contributed by atoms with Crippen LogP contribution < -0.4 is 0 Å². The lowest BCUT2D eigenvalue weighted by atomic mass is 9.94. The molecular weight excluding hydrogens is 331 g/mol. The first-order valence-electron chi connectivity index (χ1n) is 7.94. The van der Waals surface area contributed by atoms with Crippen molar-refractivity contribution in [2.24, 2.45) is 0 Å². The fourth-order valence-corrected chi connectivity index (χ4v) is 3.01. The molecule has 132 valence electrons. The molecule has 1 aliphatic heterocycles. The molecule has 0 radical (unpaired) electrons. The Balaban J connectivity index is 1.87. The average molecular weight is 349 g/mol. The predicted molar refractivity (Wildman–Crippen MR) is 86.3 cm³/mol. The lowest BCUT2D eigenvalue weighted by Crippen LogP contribution is -2.28. The summed E-state index contributed by atoms with van der Waals surface area (Å²) in [4.78, 5) is 17.2. The number of halogens is 3. The number of hydroxylamine groups is 2. The molecule has 0 spiro atoms. The van der Waals surface area contributed by atoms with Crippen molar-refractivity contribution in [3.05, 3.63) is 71.3 Å². The van der Waals surface area contributed by atoms with Crippen molar-refractivity contribution in [3.8, 4) is 0 Å². The Morgan fingerprint density at radius 1 is 1.16 bits per heavy atom. The Kier molecular flexibility index (Phi) is 4.67. The molecule has 0 amide bonds. The lowest BCUT2D eigenvalue weighted by Gasteiger charge is -2.24. The van der Waals surface area contributed by atoms with E-state index in [9.17, 15) is 18.0 Å². The molecule has 2 atom stereocenters. The summed E-state index contributed by atoms with van der Waals surface area (Å²) in [5.74, 6) is 0. The van der Waals surface area contributed by atoms with Gasteiger partial charge in [-0.3, -0.25) is 4.84 Å². The van der Waals surface area contributed by atoms with E-state index in [2.05, 4.69) is 0 Å². The van der Waals surface area contributed by atoms with Crippen LogP contribution in [0.1, 0.15) is 36.1 Å². The molecule has 6 heteroatoms. The molecule has 0 aliphatic carbocycles. The number of benzene rings is 2. The van der Waals surface area contributed by atoms with Crippen LogP contribution in [0.4, 0.5) is 13.2 Å². The van der Waals surface area contributed by atoms with Crippen molar-refractivity contribution in [1.29, 1.82) is 0 Å². The summed E-state index contributed by atoms with van der Waals surface area (Å²) in [5.41, 5.74) is 0.00860. The maximum absolute atomic E-state index is 12.8. The molecule has 0 saturated carbocycles. The van der Waals surface area contributed by atoms with Gasteiger partial charge in [-0.2, -0.15) is 18.2 Å². The average Bonchev–Trinajstić information content (AvgIpc) is 2.92. The molecule has 2 aromatic carbocycles. The number of nitrogens with zero attached hydrogens (tertiary/aromatic N) is 1. The van der Waals surface area contributed by atoms with Gasteiger partial charge in [-0.1, -0.05) is 42.5 Å². The van der Waals surface area contributed by atoms with Crippen LogP contribution in [0, 0.1) is 0 Å². The highest BCUT2D eigenvalue weighted by Crippen LogP contribution is 2.41. The third-order valence-electron chi connectivity index (χ3n) is 4.33. The molecule has 1 fully saturated rings. The fraction of sp³-hybridized carbons (Fsp3) is 0.316. The molecule has 0 aromatic heterocycles. The quantitative estimate of drug-likeness (QED) is 0.759. The van der Waals surface area contributed by atoms with Crippen LogP contribution >= 0.6 is 0 Å². The first-order valence-corrected chi connectivity index (χ1v) is 7.94. The van der Waals surface area contributed by atoms with E-state index in [1.54, 1.807) is 12.0 Å². The molecule has 3 rings (SSSR count). The number of hydrogen-bond donors (Lipinski definition) is 0. The Morgan fingerprint density at radius 2 is 1.80 bits per heavy atom. The lowest BCUT2D eigenvalue weighted by molar-refractivity contribution is -0.200. The molecule has 3 nitrogen and oxygen atoms in total. The van der Waals surface area contributed by atoms with Gasteiger partial charge in [0, 0.05) is 13.0 Å². The normalized spacial score (nSPS) is 24.4. The molecule has 0 unspecified atom stereocenters. The van der Waals surface area contributed by atoms with E-state index in [0.717, 1.165) is 24.0 Å². The second-order valence-electron chi connectivity index (χ2n) is 6.42. The summed E-state index contributed by atoms with van der Waals surface area (Å²) in [6, 6.07) is 14.3. The Labute approximate surface area is 144 Å². The Bertz CT molecular complexity index is 731. The van der Waals surface area contributed by atoms with Crippen LogP contribution in [0.2, 0.25) is 0 Å². The predicted octanol–water partition coefficient (Wildman–Crippen LogP) is 4.54. The summed E-state index contributed by atoms with van der Waals surface area (Å²) in [7, 11) is 0. The van der Waals surface area contributed by atoms with E-state index >= 15 is 0 Å². The van der Waals surface area contributed by atoms with Crippen molar-refractivity contribution in [2.75, 3.05) is 0 Å². The summed E-state index contributed by atoms with van der Waals surface area (Å²) >= 11 is 0. The van der Waals surface area contributed by atoms with Gasteiger partial charge in [0.1, 0.15) is 5.60 Å². The number of carbonyl (C=O) groups is 1. The van der Waals surface area contributed by atoms with Crippen LogP contribution in [0.5, 0.6) is 0 Å². The number of alkyl halides is 3. The summed E-state index contributed by atoms with van der Waals surface area (Å²) in [5, 5.41) is 1.67. The minimum Gasteiger partial charge on any atom is -0.300 e. The zero-order valence-corrected chi connectivity index (χ0v) is 13.7. The van der Waals surface area contributed by atoms with Crippen LogP contribution in [-0.2, 0) is 22.4 Å². The number of aldehydes is 1. The number of carbonyl (C=O) groups excluding carboxylic acids is 1. The van der Waals surface area contributed by atoms with Crippen molar-refractivity contribution >= 4 is 6.29 Å². The van der Waals surface area contributed by atoms with E-state index in [-0.39, 0.29) is 6.04 Å². The van der Waals surface area contributed by atoms with E-state index < -0.39 is 17.3 Å². The van der Waals surface area contributed by atoms with Crippen molar-refractivity contribution < 1.29 is 22.8 Å². The number of rotatable bonds is 4. The van der Waals surface area contributed by atoms with E-state index in [0.29, 0.717) is 18.5 Å². The second kappa shape index (κ2) is 6.61. The van der Waals surface area contributed by atoms with Gasteiger partial charge >= 0.3 is 6.18 Å². The maximum atomic E-state index is 12.8. The maximum Gasteiger partial charge on any atom is 0.416 e. The Morgan fingerprint density at radius 3 is 2.36 bits per heavy atom. The molecule has 1 aliphatic rings. The van der Waals surface area contributed by atoms with Gasteiger partial charge < -0.3 is 4.79 Å². The first kappa shape index (κ1) is 17.6. The first-order chi connectivity index (χ1) is 11.8. The highest BCUT2D eigenvalue weighted by molar-refractivity contribution is 5.62. The van der Waals surface area contributed by atoms with Crippen LogP contribution in [0.15, 0.2) is 54.6 Å². The SMILES string of the molecule is C[C@@]1(C=O)C[C@@H](c2ccc(C(F)(F)F)cc2)N(Cc2ccccc2)O1. The minimum absolute atomic E-state index is 0.294. The van der Waals surface area contributed by atoms with Gasteiger partial charge in [-0.25, -0.2) is 0 Å². The van der Waals surface area contributed by atoms with Gasteiger partial charge in [-0.05, 0) is 30.2 Å². The standard InChI is InChI=1S/C19H18F3NO2/c1-18(13-24)11-17(15-7-9-16(10-8-15)19(20,21)22)23(25-18)12-14-5-3-2-4-6-14/h2-10,13,17H,11-12H2,1H3/t17-,18-/m0/s1. The number of hydrogen-bond acceptors (Lipinski definition) is 3. The molecule has 2 aromatic rings. The molecular formula is C19H18F3NO2. The van der Waals surface area contributed by atoms with Crippen molar-refractivity contribution in [3.63, 3.8) is 0 Å². The van der Waals surface area contributed by atoms with Crippen LogP contribution in [0.25, 0.3) is 0 Å². The van der Waals surface area contributed by atoms with Gasteiger partial charge in [0.2, 0.25) is 0 Å². The third kappa shape index (κ3) is 3.91. The zero-order valence-electron chi connectivity index (χ0n) is 13.7. The molecule has 1 saturated heterocycles. The summed E-state index contributed by atoms with van der Waals surface area (Å²) < 4.78 is 38.3. The van der Waals surface area contributed by atoms with Gasteiger partial charge in [0.15, 0.2) is 6.29 Å². The topological polar surface area (TPSA) is 29.5 Å². The third-order valence-corrected chi connectivity index (χ3v) is 4.33. The fourth-order valence-electron chi connectivity index (χ4n) is 3.01. The molecule has 1 heterocycles. The minimum atomic E-state index is -4.37. The molecule has 25 heavy (non-hydrogen) atoms. The largest absolute Gasteiger partial charge is 0.416 e. The van der Waals surface area contributed by atoms with Crippen LogP contribution in [0.3, 0.4) is 0 Å². The van der Waals surface area contributed by atoms with Gasteiger partial charge in [0.25, 0.3) is 0 Å². The summed E-state index contributed by atoms with van der Waals surface area (Å²) in [6.07, 6.45) is -3.24. The van der Waals surface area contributed by atoms with E-state index in [4.69, 9.17) is 4.84 Å². The molecule has 0 bridgehead atoms. The van der Waals surface area contributed by atoms with E-state index in [1.165, 1.54) is 12.1 Å². The highest BCUT2D eigenvalue weighted by Gasteiger charge is 2.43. The highest BCUT2D eigenvalue weighted by atomic mass is 19.4. The van der Waals surface area contributed by atoms with E-state index in [1.807, 2.05) is 30.3 Å². The smallest absolute Gasteiger partial charge is 0.300 e. The Hall–Kier alpha value is -2.18. The summed E-state index contributed by atoms with van der Waals surface area (Å²) in [6.45, 7) is 2.12. The monoisotopic (exact) mass is 349 g/mol. The van der Waals surface area contributed by atoms with Gasteiger partial charge in [0.05, 0.1) is 11.6 Å².